The molecule has 0 radical (unpaired) electrons. The fourth-order valence-electron chi connectivity index (χ4n) is 2.60. The number of carbonyl (C=O) groups is 2. The van der Waals surface area contributed by atoms with Crippen LogP contribution in [0, 0.1) is 0 Å². The molecule has 0 fully saturated rings. The maximum absolute atomic E-state index is 12.0. The zero-order valence-electron chi connectivity index (χ0n) is 12.7. The topological polar surface area (TPSA) is 75.4 Å². The molecule has 0 unspecified atom stereocenters. The van der Waals surface area contributed by atoms with Gasteiger partial charge in [0, 0.05) is 24.8 Å². The van der Waals surface area contributed by atoms with Crippen molar-refractivity contribution in [3.05, 3.63) is 23.8 Å². The lowest BCUT2D eigenvalue weighted by Crippen LogP contribution is -2.35. The van der Waals surface area contributed by atoms with Gasteiger partial charge in [-0.2, -0.15) is 0 Å². The Balaban J connectivity index is 2.03. The summed E-state index contributed by atoms with van der Waals surface area (Å²) in [5, 5.41) is 2.86. The van der Waals surface area contributed by atoms with Gasteiger partial charge < -0.3 is 16.0 Å². The van der Waals surface area contributed by atoms with Crippen molar-refractivity contribution in [3.8, 4) is 0 Å². The number of fused-ring (bicyclic) bond motifs is 1. The average molecular weight is 289 g/mol. The fraction of sp³-hybridized carbons (Fsp3) is 0.500. The first-order valence-electron chi connectivity index (χ1n) is 7.50. The molecule has 1 aromatic carbocycles. The number of hydrogen-bond acceptors (Lipinski definition) is 3. The third-order valence-electron chi connectivity index (χ3n) is 3.83. The van der Waals surface area contributed by atoms with Gasteiger partial charge in [-0.3, -0.25) is 9.59 Å². The molecule has 0 saturated carbocycles. The Morgan fingerprint density at radius 1 is 1.43 bits per heavy atom. The SMILES string of the molecule is CCCC[C@H](N)C(=O)Nc1ccc2c(c1)CCN2C(C)=O. The van der Waals surface area contributed by atoms with Crippen LogP contribution in [-0.2, 0) is 16.0 Å². The van der Waals surface area contributed by atoms with Crippen molar-refractivity contribution in [1.82, 2.24) is 0 Å². The minimum atomic E-state index is -0.466. The molecule has 114 valence electrons. The van der Waals surface area contributed by atoms with Crippen LogP contribution in [0.1, 0.15) is 38.7 Å². The van der Waals surface area contributed by atoms with Crippen molar-refractivity contribution in [2.45, 2.75) is 45.6 Å². The smallest absolute Gasteiger partial charge is 0.241 e. The zero-order valence-corrected chi connectivity index (χ0v) is 12.7. The first kappa shape index (κ1) is 15.5. The van der Waals surface area contributed by atoms with Crippen LogP contribution in [0.5, 0.6) is 0 Å². The average Bonchev–Trinajstić information content (AvgIpc) is 2.87. The quantitative estimate of drug-likeness (QED) is 0.871. The van der Waals surface area contributed by atoms with E-state index in [0.717, 1.165) is 36.2 Å². The van der Waals surface area contributed by atoms with E-state index in [9.17, 15) is 9.59 Å². The lowest BCUT2D eigenvalue weighted by Gasteiger charge is -2.16. The Bertz CT molecular complexity index is 542. The number of anilines is 2. The van der Waals surface area contributed by atoms with Gasteiger partial charge in [0.1, 0.15) is 0 Å². The van der Waals surface area contributed by atoms with Crippen molar-refractivity contribution in [3.63, 3.8) is 0 Å². The van der Waals surface area contributed by atoms with Crippen LogP contribution in [0.25, 0.3) is 0 Å². The molecule has 1 heterocycles. The summed E-state index contributed by atoms with van der Waals surface area (Å²) in [5.41, 5.74) is 8.64. The first-order chi connectivity index (χ1) is 10.0. The molecular weight excluding hydrogens is 266 g/mol. The number of nitrogens with one attached hydrogen (secondary N) is 1. The Hall–Kier alpha value is -1.88. The summed E-state index contributed by atoms with van der Waals surface area (Å²) < 4.78 is 0. The number of carbonyl (C=O) groups excluding carboxylic acids is 2. The molecule has 0 spiro atoms. The molecule has 0 bridgehead atoms. The maximum atomic E-state index is 12.0. The fourth-order valence-corrected chi connectivity index (χ4v) is 2.60. The van der Waals surface area contributed by atoms with Gasteiger partial charge in [0.05, 0.1) is 6.04 Å². The second-order valence-electron chi connectivity index (χ2n) is 5.50. The summed E-state index contributed by atoms with van der Waals surface area (Å²) in [5.74, 6) is -0.100. The molecule has 1 atom stereocenters. The molecule has 5 nitrogen and oxygen atoms in total. The van der Waals surface area contributed by atoms with Crippen LogP contribution in [0.15, 0.2) is 18.2 Å². The van der Waals surface area contributed by atoms with Gasteiger partial charge >= 0.3 is 0 Å². The Kier molecular flexibility index (Phi) is 4.96. The third kappa shape index (κ3) is 3.61. The monoisotopic (exact) mass is 289 g/mol. The van der Waals surface area contributed by atoms with E-state index in [2.05, 4.69) is 12.2 Å². The molecule has 1 aromatic rings. The van der Waals surface area contributed by atoms with E-state index in [1.165, 1.54) is 0 Å². The highest BCUT2D eigenvalue weighted by atomic mass is 16.2. The van der Waals surface area contributed by atoms with Gasteiger partial charge in [0.2, 0.25) is 11.8 Å². The standard InChI is InChI=1S/C16H23N3O2/c1-3-4-5-14(17)16(21)18-13-6-7-15-12(10-13)8-9-19(15)11(2)20/h6-7,10,14H,3-5,8-9,17H2,1-2H3,(H,18,21)/t14-/m0/s1. The highest BCUT2D eigenvalue weighted by Gasteiger charge is 2.22. The van der Waals surface area contributed by atoms with Crippen molar-refractivity contribution >= 4 is 23.2 Å². The number of rotatable bonds is 5. The summed E-state index contributed by atoms with van der Waals surface area (Å²) in [6.45, 7) is 4.35. The molecule has 1 aliphatic rings. The normalized spacial score (nSPS) is 14.7. The Morgan fingerprint density at radius 2 is 2.19 bits per heavy atom. The molecule has 2 amide bonds. The summed E-state index contributed by atoms with van der Waals surface area (Å²) in [4.78, 5) is 25.2. The van der Waals surface area contributed by atoms with Crippen LogP contribution in [-0.4, -0.2) is 24.4 Å². The summed E-state index contributed by atoms with van der Waals surface area (Å²) in [7, 11) is 0. The number of amides is 2. The number of benzene rings is 1. The maximum Gasteiger partial charge on any atom is 0.241 e. The lowest BCUT2D eigenvalue weighted by molar-refractivity contribution is -0.118. The lowest BCUT2D eigenvalue weighted by atomic mass is 10.1. The van der Waals surface area contributed by atoms with E-state index < -0.39 is 6.04 Å². The highest BCUT2D eigenvalue weighted by Crippen LogP contribution is 2.30. The molecule has 5 heteroatoms. The van der Waals surface area contributed by atoms with Crippen molar-refractivity contribution in [1.29, 1.82) is 0 Å². The van der Waals surface area contributed by atoms with Gasteiger partial charge in [-0.05, 0) is 36.6 Å². The minimum absolute atomic E-state index is 0.0483. The molecule has 2 rings (SSSR count). The van der Waals surface area contributed by atoms with Crippen LogP contribution in [0.2, 0.25) is 0 Å². The summed E-state index contributed by atoms with van der Waals surface area (Å²) >= 11 is 0. The number of nitrogens with two attached hydrogens (primary N) is 1. The van der Waals surface area contributed by atoms with Crippen LogP contribution < -0.4 is 16.0 Å². The van der Waals surface area contributed by atoms with Crippen molar-refractivity contribution in [2.75, 3.05) is 16.8 Å². The molecule has 0 aliphatic carbocycles. The predicted molar refractivity (Wildman–Crippen MR) is 84.3 cm³/mol. The molecule has 0 saturated heterocycles. The van der Waals surface area contributed by atoms with Gasteiger partial charge in [-0.1, -0.05) is 19.8 Å². The van der Waals surface area contributed by atoms with E-state index in [4.69, 9.17) is 5.73 Å². The number of hydrogen-bond donors (Lipinski definition) is 2. The van der Waals surface area contributed by atoms with Gasteiger partial charge in [0.25, 0.3) is 0 Å². The largest absolute Gasteiger partial charge is 0.325 e. The second-order valence-corrected chi connectivity index (χ2v) is 5.50. The summed E-state index contributed by atoms with van der Waals surface area (Å²) in [6.07, 6.45) is 3.50. The second kappa shape index (κ2) is 6.72. The molecule has 1 aliphatic heterocycles. The third-order valence-corrected chi connectivity index (χ3v) is 3.83. The van der Waals surface area contributed by atoms with E-state index in [1.54, 1.807) is 11.8 Å². The summed E-state index contributed by atoms with van der Waals surface area (Å²) in [6, 6.07) is 5.18. The van der Waals surface area contributed by atoms with Crippen molar-refractivity contribution < 1.29 is 9.59 Å². The van der Waals surface area contributed by atoms with Crippen LogP contribution in [0.4, 0.5) is 11.4 Å². The molecule has 21 heavy (non-hydrogen) atoms. The van der Waals surface area contributed by atoms with E-state index in [-0.39, 0.29) is 11.8 Å². The molecule has 0 aromatic heterocycles. The van der Waals surface area contributed by atoms with Crippen LogP contribution in [0.3, 0.4) is 0 Å². The number of unbranched alkanes of at least 4 members (excludes halogenated alkanes) is 1. The Labute approximate surface area is 125 Å². The minimum Gasteiger partial charge on any atom is -0.325 e. The van der Waals surface area contributed by atoms with E-state index in [1.807, 2.05) is 18.2 Å². The van der Waals surface area contributed by atoms with E-state index >= 15 is 0 Å². The van der Waals surface area contributed by atoms with E-state index in [0.29, 0.717) is 13.0 Å². The Morgan fingerprint density at radius 3 is 2.86 bits per heavy atom. The van der Waals surface area contributed by atoms with Crippen molar-refractivity contribution in [2.24, 2.45) is 5.73 Å². The molecular formula is C16H23N3O2. The number of nitrogens with zero attached hydrogens (tertiary/aromatic N) is 1. The highest BCUT2D eigenvalue weighted by molar-refractivity contribution is 5.97. The van der Waals surface area contributed by atoms with Gasteiger partial charge in [-0.15, -0.1) is 0 Å². The van der Waals surface area contributed by atoms with Gasteiger partial charge in [-0.25, -0.2) is 0 Å². The molecule has 3 N–H and O–H groups in total. The van der Waals surface area contributed by atoms with Gasteiger partial charge in [0.15, 0.2) is 0 Å². The predicted octanol–water partition coefficient (Wildman–Crippen LogP) is 2.05. The zero-order chi connectivity index (χ0) is 15.4. The van der Waals surface area contributed by atoms with Crippen LogP contribution >= 0.6 is 0 Å². The first-order valence-corrected chi connectivity index (χ1v) is 7.50.